The summed E-state index contributed by atoms with van der Waals surface area (Å²) in [7, 11) is -0.213. The number of anilines is 1. The minimum absolute atomic E-state index is 0.290. The topological polar surface area (TPSA) is 97.8 Å². The van der Waals surface area contributed by atoms with Crippen molar-refractivity contribution in [2.75, 3.05) is 32.3 Å². The Labute approximate surface area is 155 Å². The molecule has 2 heterocycles. The van der Waals surface area contributed by atoms with Gasteiger partial charge in [0.05, 0.1) is 26.2 Å². The maximum atomic E-state index is 12.5. The van der Waals surface area contributed by atoms with Crippen LogP contribution >= 0.6 is 11.3 Å². The van der Waals surface area contributed by atoms with E-state index in [0.29, 0.717) is 35.2 Å². The van der Waals surface area contributed by atoms with Crippen LogP contribution in [-0.4, -0.2) is 50.6 Å². The molecule has 0 saturated heterocycles. The summed E-state index contributed by atoms with van der Waals surface area (Å²) in [6, 6.07) is 4.88. The third-order valence-electron chi connectivity index (χ3n) is 4.03. The van der Waals surface area contributed by atoms with E-state index in [1.165, 1.54) is 36.1 Å². The molecule has 0 atom stereocenters. The highest BCUT2D eigenvalue weighted by Crippen LogP contribution is 2.31. The number of nitrogens with zero attached hydrogens (tertiary/aromatic N) is 2. The van der Waals surface area contributed by atoms with Gasteiger partial charge in [-0.2, -0.15) is 4.31 Å². The lowest BCUT2D eigenvalue weighted by Crippen LogP contribution is -2.34. The second-order valence-electron chi connectivity index (χ2n) is 5.76. The van der Waals surface area contributed by atoms with Gasteiger partial charge in [-0.15, -0.1) is 11.3 Å². The molecule has 0 aliphatic carbocycles. The van der Waals surface area contributed by atoms with Crippen LogP contribution in [0, 0.1) is 0 Å². The van der Waals surface area contributed by atoms with Gasteiger partial charge in [0.15, 0.2) is 16.6 Å². The quantitative estimate of drug-likeness (QED) is 0.825. The monoisotopic (exact) mass is 397 g/mol. The van der Waals surface area contributed by atoms with E-state index in [9.17, 15) is 13.2 Å². The molecule has 0 radical (unpaired) electrons. The van der Waals surface area contributed by atoms with E-state index >= 15 is 0 Å². The van der Waals surface area contributed by atoms with Gasteiger partial charge >= 0.3 is 0 Å². The smallest absolute Gasteiger partial charge is 0.257 e. The molecule has 0 unspecified atom stereocenters. The summed E-state index contributed by atoms with van der Waals surface area (Å²) >= 11 is 1.29. The summed E-state index contributed by atoms with van der Waals surface area (Å²) in [5.74, 6) is 0.675. The third-order valence-corrected chi connectivity index (χ3v) is 6.28. The zero-order chi connectivity index (χ0) is 18.9. The number of rotatable bonds is 5. The Bertz CT molecular complexity index is 939. The Balaban J connectivity index is 1.76. The fourth-order valence-electron chi connectivity index (χ4n) is 2.66. The summed E-state index contributed by atoms with van der Waals surface area (Å²) in [5.41, 5.74) is 1.24. The Morgan fingerprint density at radius 2 is 2.00 bits per heavy atom. The molecular weight excluding hydrogens is 378 g/mol. The van der Waals surface area contributed by atoms with Crippen molar-refractivity contribution in [3.05, 3.63) is 34.3 Å². The highest BCUT2D eigenvalue weighted by atomic mass is 32.2. The van der Waals surface area contributed by atoms with Crippen molar-refractivity contribution in [1.29, 1.82) is 0 Å². The average molecular weight is 397 g/mol. The Morgan fingerprint density at radius 3 is 2.65 bits per heavy atom. The standard InChI is InChI=1S/C16H19N3O5S2/c1-23-12-5-4-10(8-13(12)24-2)15(20)18-16-17-11-6-7-19(26(3,21)22)9-14(11)25-16/h4-5,8H,6-7,9H2,1-3H3,(H,17,18,20). The van der Waals surface area contributed by atoms with Crippen LogP contribution in [0.4, 0.5) is 5.13 Å². The molecule has 1 N–H and O–H groups in total. The van der Waals surface area contributed by atoms with Crippen molar-refractivity contribution in [1.82, 2.24) is 9.29 Å². The van der Waals surface area contributed by atoms with Crippen LogP contribution in [0.1, 0.15) is 20.9 Å². The van der Waals surface area contributed by atoms with Gasteiger partial charge in [-0.25, -0.2) is 13.4 Å². The largest absolute Gasteiger partial charge is 0.493 e. The molecule has 1 amide bonds. The second kappa shape index (κ2) is 7.22. The Kier molecular flexibility index (Phi) is 5.17. The summed E-state index contributed by atoms with van der Waals surface area (Å²) in [5, 5.41) is 3.21. The molecule has 8 nitrogen and oxygen atoms in total. The lowest BCUT2D eigenvalue weighted by atomic mass is 10.2. The second-order valence-corrected chi connectivity index (χ2v) is 8.83. The first kappa shape index (κ1) is 18.6. The van der Waals surface area contributed by atoms with Crippen molar-refractivity contribution >= 4 is 32.4 Å². The van der Waals surface area contributed by atoms with E-state index in [0.717, 1.165) is 10.6 Å². The van der Waals surface area contributed by atoms with Crippen LogP contribution in [0.15, 0.2) is 18.2 Å². The predicted molar refractivity (Wildman–Crippen MR) is 98.6 cm³/mol. The Morgan fingerprint density at radius 1 is 1.27 bits per heavy atom. The van der Waals surface area contributed by atoms with Crippen LogP contribution < -0.4 is 14.8 Å². The van der Waals surface area contributed by atoms with Gasteiger partial charge in [-0.3, -0.25) is 10.1 Å². The number of aromatic nitrogens is 1. The molecule has 140 valence electrons. The molecule has 1 aliphatic heterocycles. The molecule has 3 rings (SSSR count). The minimum atomic E-state index is -3.24. The normalized spacial score (nSPS) is 14.6. The first-order chi connectivity index (χ1) is 12.3. The van der Waals surface area contributed by atoms with Gasteiger partial charge in [0, 0.05) is 30.0 Å². The Hall–Kier alpha value is -2.17. The van der Waals surface area contributed by atoms with Gasteiger partial charge in [0.25, 0.3) is 5.91 Å². The third kappa shape index (κ3) is 3.81. The van der Waals surface area contributed by atoms with E-state index in [-0.39, 0.29) is 12.5 Å². The summed E-state index contributed by atoms with van der Waals surface area (Å²) in [6.07, 6.45) is 1.73. The number of amides is 1. The zero-order valence-electron chi connectivity index (χ0n) is 14.6. The number of carbonyl (C=O) groups is 1. The SMILES string of the molecule is COc1ccc(C(=O)Nc2nc3c(s2)CN(S(C)(=O)=O)CC3)cc1OC. The highest BCUT2D eigenvalue weighted by Gasteiger charge is 2.26. The number of methoxy groups -OCH3 is 2. The number of benzene rings is 1. The van der Waals surface area contributed by atoms with Gasteiger partial charge in [-0.1, -0.05) is 0 Å². The van der Waals surface area contributed by atoms with E-state index in [1.54, 1.807) is 18.2 Å². The van der Waals surface area contributed by atoms with Gasteiger partial charge < -0.3 is 9.47 Å². The summed E-state index contributed by atoms with van der Waals surface area (Å²) < 4.78 is 35.2. The number of hydrogen-bond acceptors (Lipinski definition) is 7. The van der Waals surface area contributed by atoms with Crippen molar-refractivity contribution in [2.45, 2.75) is 13.0 Å². The van der Waals surface area contributed by atoms with Crippen LogP contribution in [-0.2, 0) is 23.0 Å². The molecule has 0 bridgehead atoms. The summed E-state index contributed by atoms with van der Waals surface area (Å²) in [4.78, 5) is 17.7. The molecule has 1 aromatic heterocycles. The van der Waals surface area contributed by atoms with Crippen LogP contribution in [0.5, 0.6) is 11.5 Å². The molecule has 2 aromatic rings. The van der Waals surface area contributed by atoms with Crippen molar-refractivity contribution in [3.8, 4) is 11.5 Å². The van der Waals surface area contributed by atoms with E-state index in [4.69, 9.17) is 9.47 Å². The number of ether oxygens (including phenoxy) is 2. The minimum Gasteiger partial charge on any atom is -0.493 e. The average Bonchev–Trinajstić information content (AvgIpc) is 3.01. The van der Waals surface area contributed by atoms with Gasteiger partial charge in [-0.05, 0) is 18.2 Å². The predicted octanol–water partition coefficient (Wildman–Crippen LogP) is 1.73. The van der Waals surface area contributed by atoms with E-state index in [2.05, 4.69) is 10.3 Å². The van der Waals surface area contributed by atoms with Crippen LogP contribution in [0.25, 0.3) is 0 Å². The van der Waals surface area contributed by atoms with E-state index < -0.39 is 10.0 Å². The summed E-state index contributed by atoms with van der Waals surface area (Å²) in [6.45, 7) is 0.691. The number of sulfonamides is 1. The van der Waals surface area contributed by atoms with Gasteiger partial charge in [0.2, 0.25) is 10.0 Å². The van der Waals surface area contributed by atoms with Crippen LogP contribution in [0.3, 0.4) is 0 Å². The van der Waals surface area contributed by atoms with Crippen molar-refractivity contribution < 1.29 is 22.7 Å². The number of thiazole rings is 1. The molecule has 26 heavy (non-hydrogen) atoms. The first-order valence-corrected chi connectivity index (χ1v) is 10.5. The molecule has 10 heteroatoms. The highest BCUT2D eigenvalue weighted by molar-refractivity contribution is 7.88. The van der Waals surface area contributed by atoms with Crippen molar-refractivity contribution in [3.63, 3.8) is 0 Å². The maximum Gasteiger partial charge on any atom is 0.257 e. The number of nitrogens with one attached hydrogen (secondary N) is 1. The number of hydrogen-bond donors (Lipinski definition) is 1. The zero-order valence-corrected chi connectivity index (χ0v) is 16.2. The molecule has 1 aromatic carbocycles. The molecule has 0 spiro atoms. The van der Waals surface area contributed by atoms with E-state index in [1.807, 2.05) is 0 Å². The lowest BCUT2D eigenvalue weighted by Gasteiger charge is -2.23. The number of fused-ring (bicyclic) bond motifs is 1. The molecular formula is C16H19N3O5S2. The first-order valence-electron chi connectivity index (χ1n) is 7.79. The maximum absolute atomic E-state index is 12.5. The molecule has 1 aliphatic rings. The number of carbonyl (C=O) groups excluding carboxylic acids is 1. The fraction of sp³-hybridized carbons (Fsp3) is 0.375. The molecule has 0 saturated carbocycles. The molecule has 0 fully saturated rings. The van der Waals surface area contributed by atoms with Crippen LogP contribution in [0.2, 0.25) is 0 Å². The fourth-order valence-corrected chi connectivity index (χ4v) is 4.54. The van der Waals surface area contributed by atoms with Gasteiger partial charge in [0.1, 0.15) is 0 Å². The lowest BCUT2D eigenvalue weighted by molar-refractivity contribution is 0.102. The van der Waals surface area contributed by atoms with Crippen molar-refractivity contribution in [2.24, 2.45) is 0 Å².